The quantitative estimate of drug-likeness (QED) is 0.759. The second kappa shape index (κ2) is 7.82. The third-order valence-electron chi connectivity index (χ3n) is 5.95. The molecule has 0 bridgehead atoms. The predicted molar refractivity (Wildman–Crippen MR) is 113 cm³/mol. The number of piperidine rings is 1. The maximum atomic E-state index is 13.2. The number of nitrogens with zero attached hydrogens (tertiary/aromatic N) is 1. The van der Waals surface area contributed by atoms with Gasteiger partial charge in [0.2, 0.25) is 5.91 Å². The highest BCUT2D eigenvalue weighted by atomic mass is 16.6. The van der Waals surface area contributed by atoms with Gasteiger partial charge in [0.1, 0.15) is 0 Å². The Balaban J connectivity index is 1.52. The molecule has 1 fully saturated rings. The van der Waals surface area contributed by atoms with E-state index in [1.165, 1.54) is 0 Å². The van der Waals surface area contributed by atoms with E-state index in [9.17, 15) is 14.4 Å². The number of hydrogen-bond donors (Lipinski definition) is 2. The number of cyclic esters (lactones) is 1. The molecule has 156 valence electrons. The second-order valence-corrected chi connectivity index (χ2v) is 8.09. The van der Waals surface area contributed by atoms with Gasteiger partial charge in [0.25, 0.3) is 5.91 Å². The van der Waals surface area contributed by atoms with Crippen molar-refractivity contribution in [1.82, 2.24) is 0 Å². The minimum atomic E-state index is -1.29. The van der Waals surface area contributed by atoms with E-state index in [-0.39, 0.29) is 17.7 Å². The highest BCUT2D eigenvalue weighted by Gasteiger charge is 2.43. The molecule has 2 amide bonds. The molecule has 7 nitrogen and oxygen atoms in total. The highest BCUT2D eigenvalue weighted by Crippen LogP contribution is 2.33. The van der Waals surface area contributed by atoms with E-state index in [2.05, 4.69) is 10.2 Å². The Labute approximate surface area is 175 Å². The zero-order valence-electron chi connectivity index (χ0n) is 16.9. The van der Waals surface area contributed by atoms with Crippen molar-refractivity contribution in [3.63, 3.8) is 0 Å². The number of carbonyl (C=O) groups excluding carboxylic acids is 3. The standard InChI is InChI=1S/C23H25N3O4/c1-23(14-16-6-2-3-7-17(16)21(28)30-23)22(29)25-18-8-4-5-9-19(18)26-12-10-15(11-13-26)20(24)27/h2-9,15H,10-14H2,1H3,(H2,24,27)(H,25,29). The van der Waals surface area contributed by atoms with Crippen molar-refractivity contribution in [3.05, 3.63) is 59.7 Å². The van der Waals surface area contributed by atoms with Crippen LogP contribution in [0, 0.1) is 5.92 Å². The molecule has 0 saturated carbocycles. The Morgan fingerprint density at radius 3 is 2.50 bits per heavy atom. The molecule has 1 saturated heterocycles. The highest BCUT2D eigenvalue weighted by molar-refractivity contribution is 6.03. The van der Waals surface area contributed by atoms with Crippen LogP contribution in [0.5, 0.6) is 0 Å². The number of benzene rings is 2. The maximum Gasteiger partial charge on any atom is 0.339 e. The number of anilines is 2. The summed E-state index contributed by atoms with van der Waals surface area (Å²) < 4.78 is 5.54. The van der Waals surface area contributed by atoms with Gasteiger partial charge in [-0.25, -0.2) is 4.79 Å². The average Bonchev–Trinajstić information content (AvgIpc) is 2.74. The number of nitrogens with one attached hydrogen (secondary N) is 1. The molecule has 0 spiro atoms. The molecule has 7 heteroatoms. The fourth-order valence-electron chi connectivity index (χ4n) is 4.17. The first-order chi connectivity index (χ1) is 14.4. The van der Waals surface area contributed by atoms with Crippen LogP contribution in [0.2, 0.25) is 0 Å². The minimum absolute atomic E-state index is 0.108. The van der Waals surface area contributed by atoms with Gasteiger partial charge in [-0.05, 0) is 43.5 Å². The van der Waals surface area contributed by atoms with E-state index in [1.807, 2.05) is 36.4 Å². The molecule has 0 aromatic heterocycles. The van der Waals surface area contributed by atoms with Crippen LogP contribution < -0.4 is 16.0 Å². The van der Waals surface area contributed by atoms with Crippen LogP contribution in [0.3, 0.4) is 0 Å². The summed E-state index contributed by atoms with van der Waals surface area (Å²) in [7, 11) is 0. The van der Waals surface area contributed by atoms with E-state index in [4.69, 9.17) is 10.5 Å². The molecule has 1 unspecified atom stereocenters. The lowest BCUT2D eigenvalue weighted by molar-refractivity contribution is -0.134. The maximum absolute atomic E-state index is 13.2. The normalized spacial score (nSPS) is 21.5. The summed E-state index contributed by atoms with van der Waals surface area (Å²) in [6.45, 7) is 3.00. The molecule has 30 heavy (non-hydrogen) atoms. The molecule has 2 aliphatic rings. The number of fused-ring (bicyclic) bond motifs is 1. The van der Waals surface area contributed by atoms with E-state index >= 15 is 0 Å². The number of hydrogen-bond acceptors (Lipinski definition) is 5. The summed E-state index contributed by atoms with van der Waals surface area (Å²) in [5.41, 5.74) is 6.96. The Morgan fingerprint density at radius 1 is 1.10 bits per heavy atom. The molecule has 2 aromatic rings. The number of ether oxygens (including phenoxy) is 1. The van der Waals surface area contributed by atoms with Crippen LogP contribution in [0.1, 0.15) is 35.7 Å². The van der Waals surface area contributed by atoms with E-state index in [0.29, 0.717) is 43.6 Å². The van der Waals surface area contributed by atoms with E-state index < -0.39 is 11.6 Å². The van der Waals surface area contributed by atoms with Crippen LogP contribution in [0.25, 0.3) is 0 Å². The lowest BCUT2D eigenvalue weighted by Crippen LogP contribution is -2.49. The molecule has 1 atom stereocenters. The molecule has 2 aromatic carbocycles. The van der Waals surface area contributed by atoms with E-state index in [0.717, 1.165) is 11.3 Å². The molecular formula is C23H25N3O4. The Morgan fingerprint density at radius 2 is 1.77 bits per heavy atom. The minimum Gasteiger partial charge on any atom is -0.445 e. The summed E-state index contributed by atoms with van der Waals surface area (Å²) in [4.78, 5) is 39.1. The van der Waals surface area contributed by atoms with E-state index in [1.54, 1.807) is 19.1 Å². The van der Waals surface area contributed by atoms with Crippen molar-refractivity contribution in [2.45, 2.75) is 31.8 Å². The average molecular weight is 407 g/mol. The van der Waals surface area contributed by atoms with Crippen LogP contribution in [0.15, 0.2) is 48.5 Å². The number of primary amides is 1. The Kier molecular flexibility index (Phi) is 5.20. The van der Waals surface area contributed by atoms with Crippen molar-refractivity contribution < 1.29 is 19.1 Å². The topological polar surface area (TPSA) is 102 Å². The van der Waals surface area contributed by atoms with Gasteiger partial charge in [0.15, 0.2) is 5.60 Å². The van der Waals surface area contributed by atoms with Crippen LogP contribution in [-0.2, 0) is 20.7 Å². The summed E-state index contributed by atoms with van der Waals surface area (Å²) in [5, 5.41) is 2.95. The summed E-state index contributed by atoms with van der Waals surface area (Å²) in [5.74, 6) is -1.23. The molecule has 3 N–H and O–H groups in total. The van der Waals surface area contributed by atoms with Gasteiger partial charge in [-0.15, -0.1) is 0 Å². The molecule has 2 aliphatic heterocycles. The number of rotatable bonds is 4. The van der Waals surface area contributed by atoms with Crippen molar-refractivity contribution in [1.29, 1.82) is 0 Å². The first kappa shape index (κ1) is 19.9. The zero-order chi connectivity index (χ0) is 21.3. The monoisotopic (exact) mass is 407 g/mol. The number of carbonyl (C=O) groups is 3. The molecule has 4 rings (SSSR count). The molecule has 2 heterocycles. The van der Waals surface area contributed by atoms with Gasteiger partial charge in [0, 0.05) is 25.4 Å². The first-order valence-electron chi connectivity index (χ1n) is 10.1. The fraction of sp³-hybridized carbons (Fsp3) is 0.348. The SMILES string of the molecule is CC1(C(=O)Nc2ccccc2N2CCC(C(N)=O)CC2)Cc2ccccc2C(=O)O1. The lowest BCUT2D eigenvalue weighted by Gasteiger charge is -2.35. The Bertz CT molecular complexity index is 997. The number of para-hydroxylation sites is 2. The summed E-state index contributed by atoms with van der Waals surface area (Å²) in [6, 6.07) is 14.7. The largest absolute Gasteiger partial charge is 0.445 e. The summed E-state index contributed by atoms with van der Waals surface area (Å²) in [6.07, 6.45) is 1.68. The van der Waals surface area contributed by atoms with Crippen molar-refractivity contribution >= 4 is 29.2 Å². The molecule has 0 aliphatic carbocycles. The molecule has 0 radical (unpaired) electrons. The Hall–Kier alpha value is -3.35. The van der Waals surface area contributed by atoms with Gasteiger partial charge in [0.05, 0.1) is 16.9 Å². The number of nitrogens with two attached hydrogens (primary N) is 1. The third kappa shape index (κ3) is 3.75. The van der Waals surface area contributed by atoms with Gasteiger partial charge >= 0.3 is 5.97 Å². The third-order valence-corrected chi connectivity index (χ3v) is 5.95. The van der Waals surface area contributed by atoms with Crippen LogP contribution >= 0.6 is 0 Å². The lowest BCUT2D eigenvalue weighted by atomic mass is 9.89. The zero-order valence-corrected chi connectivity index (χ0v) is 16.9. The number of esters is 1. The van der Waals surface area contributed by atoms with Gasteiger partial charge in [-0.2, -0.15) is 0 Å². The smallest absolute Gasteiger partial charge is 0.339 e. The van der Waals surface area contributed by atoms with Crippen molar-refractivity contribution in [3.8, 4) is 0 Å². The van der Waals surface area contributed by atoms with Gasteiger partial charge in [-0.3, -0.25) is 9.59 Å². The van der Waals surface area contributed by atoms with Gasteiger partial charge in [-0.1, -0.05) is 30.3 Å². The van der Waals surface area contributed by atoms with Crippen LogP contribution in [0.4, 0.5) is 11.4 Å². The number of amides is 2. The first-order valence-corrected chi connectivity index (χ1v) is 10.1. The second-order valence-electron chi connectivity index (χ2n) is 8.09. The fourth-order valence-corrected chi connectivity index (χ4v) is 4.17. The summed E-state index contributed by atoms with van der Waals surface area (Å²) >= 11 is 0. The van der Waals surface area contributed by atoms with Crippen molar-refractivity contribution in [2.75, 3.05) is 23.3 Å². The predicted octanol–water partition coefficient (Wildman–Crippen LogP) is 2.50. The van der Waals surface area contributed by atoms with Crippen LogP contribution in [-0.4, -0.2) is 36.5 Å². The molecular weight excluding hydrogens is 382 g/mol. The van der Waals surface area contributed by atoms with Crippen molar-refractivity contribution in [2.24, 2.45) is 11.7 Å². The van der Waals surface area contributed by atoms with Gasteiger partial charge < -0.3 is 20.7 Å².